The molecule has 1 amide bonds. The summed E-state index contributed by atoms with van der Waals surface area (Å²) in [5.74, 6) is 2.28. The minimum atomic E-state index is -0.162. The number of anilines is 1. The Balaban J connectivity index is 1.70. The molecule has 3 rings (SSSR count). The molecule has 0 unspecified atom stereocenters. The van der Waals surface area contributed by atoms with Gasteiger partial charge < -0.3 is 14.0 Å². The van der Waals surface area contributed by atoms with Crippen molar-refractivity contribution < 1.29 is 14.3 Å². The lowest BCUT2D eigenvalue weighted by Gasteiger charge is -2.10. The van der Waals surface area contributed by atoms with Gasteiger partial charge in [-0.25, -0.2) is 0 Å². The van der Waals surface area contributed by atoms with E-state index in [9.17, 15) is 4.79 Å². The number of thioether (sulfide) groups is 1. The van der Waals surface area contributed by atoms with Crippen LogP contribution in [0.4, 0.5) is 5.13 Å². The molecule has 0 saturated heterocycles. The molecule has 0 spiro atoms. The highest BCUT2D eigenvalue weighted by atomic mass is 32.2. The Bertz CT molecular complexity index is 1020. The second kappa shape index (κ2) is 9.90. The molecule has 9 nitrogen and oxygen atoms in total. The summed E-state index contributed by atoms with van der Waals surface area (Å²) in [6.07, 6.45) is 0. The molecule has 30 heavy (non-hydrogen) atoms. The average molecular weight is 449 g/mol. The van der Waals surface area contributed by atoms with E-state index in [2.05, 4.69) is 25.7 Å². The molecule has 0 saturated carbocycles. The molecule has 2 aromatic heterocycles. The fourth-order valence-corrected chi connectivity index (χ4v) is 4.24. The van der Waals surface area contributed by atoms with E-state index in [0.29, 0.717) is 34.2 Å². The van der Waals surface area contributed by atoms with Crippen LogP contribution in [0.5, 0.6) is 11.5 Å². The summed E-state index contributed by atoms with van der Waals surface area (Å²) >= 11 is 2.71. The zero-order valence-electron chi connectivity index (χ0n) is 17.5. The van der Waals surface area contributed by atoms with Crippen LogP contribution in [0.1, 0.15) is 31.7 Å². The zero-order valence-corrected chi connectivity index (χ0v) is 19.1. The first-order valence-corrected chi connectivity index (χ1v) is 11.2. The number of nitrogens with one attached hydrogen (secondary N) is 1. The topological polar surface area (TPSA) is 104 Å². The van der Waals surface area contributed by atoms with Crippen molar-refractivity contribution in [2.75, 3.05) is 25.3 Å². The molecule has 0 radical (unpaired) electrons. The number of carbonyl (C=O) groups excluding carboxylic acids is 1. The first kappa shape index (κ1) is 22.0. The summed E-state index contributed by atoms with van der Waals surface area (Å²) in [6.45, 7) is 6.74. The normalized spacial score (nSPS) is 11.0. The Morgan fingerprint density at radius 3 is 2.57 bits per heavy atom. The predicted octanol–water partition coefficient (Wildman–Crippen LogP) is 3.69. The maximum absolute atomic E-state index is 12.3. The number of hydrogen-bond acceptors (Lipinski definition) is 9. The molecule has 0 atom stereocenters. The lowest BCUT2D eigenvalue weighted by molar-refractivity contribution is -0.113. The van der Waals surface area contributed by atoms with Crippen molar-refractivity contribution in [1.29, 1.82) is 0 Å². The number of nitrogens with zero attached hydrogens (tertiary/aromatic N) is 5. The quantitative estimate of drug-likeness (QED) is 0.494. The number of benzene rings is 1. The summed E-state index contributed by atoms with van der Waals surface area (Å²) in [4.78, 5) is 12.3. The van der Waals surface area contributed by atoms with Crippen LogP contribution in [0, 0.1) is 0 Å². The second-order valence-electron chi connectivity index (χ2n) is 6.56. The fourth-order valence-electron chi connectivity index (χ4n) is 2.67. The lowest BCUT2D eigenvalue weighted by atomic mass is 10.2. The Morgan fingerprint density at radius 1 is 1.17 bits per heavy atom. The van der Waals surface area contributed by atoms with Gasteiger partial charge in [-0.1, -0.05) is 36.9 Å². The summed E-state index contributed by atoms with van der Waals surface area (Å²) < 4.78 is 12.6. The molecule has 1 N–H and O–H groups in total. The lowest BCUT2D eigenvalue weighted by Crippen LogP contribution is -2.14. The van der Waals surface area contributed by atoms with Gasteiger partial charge >= 0.3 is 0 Å². The molecule has 0 aliphatic rings. The average Bonchev–Trinajstić information content (AvgIpc) is 3.38. The Hall–Kier alpha value is -2.66. The van der Waals surface area contributed by atoms with Crippen LogP contribution in [0.15, 0.2) is 23.4 Å². The van der Waals surface area contributed by atoms with Crippen LogP contribution in [-0.2, 0) is 11.3 Å². The smallest absolute Gasteiger partial charge is 0.236 e. The fraction of sp³-hybridized carbons (Fsp3) is 0.421. The molecule has 160 valence electrons. The van der Waals surface area contributed by atoms with Crippen LogP contribution in [0.3, 0.4) is 0 Å². The van der Waals surface area contributed by atoms with Gasteiger partial charge in [-0.05, 0) is 25.1 Å². The van der Waals surface area contributed by atoms with E-state index in [4.69, 9.17) is 9.47 Å². The summed E-state index contributed by atoms with van der Waals surface area (Å²) in [7, 11) is 3.19. The van der Waals surface area contributed by atoms with Gasteiger partial charge in [-0.15, -0.1) is 20.4 Å². The minimum Gasteiger partial charge on any atom is -0.493 e. The molecule has 0 fully saturated rings. The van der Waals surface area contributed by atoms with Crippen molar-refractivity contribution in [2.45, 2.75) is 38.4 Å². The Kier molecular flexibility index (Phi) is 7.27. The van der Waals surface area contributed by atoms with Crippen LogP contribution in [0.25, 0.3) is 11.4 Å². The van der Waals surface area contributed by atoms with E-state index in [0.717, 1.165) is 10.6 Å². The zero-order chi connectivity index (χ0) is 21.7. The molecule has 2 heterocycles. The highest BCUT2D eigenvalue weighted by molar-refractivity contribution is 7.99. The largest absolute Gasteiger partial charge is 0.493 e. The van der Waals surface area contributed by atoms with Gasteiger partial charge in [0.1, 0.15) is 5.01 Å². The van der Waals surface area contributed by atoms with Crippen molar-refractivity contribution in [3.63, 3.8) is 0 Å². The molecular formula is C19H24N6O3S2. The summed E-state index contributed by atoms with van der Waals surface area (Å²) in [5.41, 5.74) is 0.855. The highest BCUT2D eigenvalue weighted by Crippen LogP contribution is 2.33. The van der Waals surface area contributed by atoms with Crippen LogP contribution < -0.4 is 14.8 Å². The predicted molar refractivity (Wildman–Crippen MR) is 118 cm³/mol. The number of hydrogen-bond donors (Lipinski definition) is 1. The van der Waals surface area contributed by atoms with Gasteiger partial charge in [0, 0.05) is 18.0 Å². The van der Waals surface area contributed by atoms with E-state index in [1.54, 1.807) is 14.2 Å². The molecule has 0 bridgehead atoms. The maximum atomic E-state index is 12.3. The number of methoxy groups -OCH3 is 2. The number of rotatable bonds is 9. The SMILES string of the molecule is CCn1c(SCC(=O)Nc2nnc(C(C)C)s2)nnc1-c1ccc(OC)c(OC)c1. The van der Waals surface area contributed by atoms with Crippen molar-refractivity contribution in [3.05, 3.63) is 23.2 Å². The van der Waals surface area contributed by atoms with Crippen LogP contribution >= 0.6 is 23.1 Å². The minimum absolute atomic E-state index is 0.162. The standard InChI is InChI=1S/C19H24N6O3S2/c1-6-25-16(12-7-8-13(27-4)14(9-12)28-5)21-24-19(25)29-10-15(26)20-18-23-22-17(30-18)11(2)3/h7-9,11H,6,10H2,1-5H3,(H,20,23,26). The van der Waals surface area contributed by atoms with Gasteiger partial charge in [0.15, 0.2) is 22.5 Å². The third kappa shape index (κ3) is 4.90. The van der Waals surface area contributed by atoms with E-state index in [-0.39, 0.29) is 17.6 Å². The van der Waals surface area contributed by atoms with Gasteiger partial charge in [-0.3, -0.25) is 10.1 Å². The first-order chi connectivity index (χ1) is 14.5. The number of amides is 1. The molecule has 0 aliphatic heterocycles. The van der Waals surface area contributed by atoms with E-state index in [1.165, 1.54) is 23.1 Å². The first-order valence-electron chi connectivity index (χ1n) is 9.38. The van der Waals surface area contributed by atoms with E-state index in [1.807, 2.05) is 43.5 Å². The van der Waals surface area contributed by atoms with Gasteiger partial charge in [-0.2, -0.15) is 0 Å². The Labute approximate surface area is 183 Å². The number of ether oxygens (including phenoxy) is 2. The van der Waals surface area contributed by atoms with Gasteiger partial charge in [0.05, 0.1) is 20.0 Å². The van der Waals surface area contributed by atoms with Gasteiger partial charge in [0.2, 0.25) is 11.0 Å². The van der Waals surface area contributed by atoms with Gasteiger partial charge in [0.25, 0.3) is 0 Å². The summed E-state index contributed by atoms with van der Waals surface area (Å²) in [6, 6.07) is 5.59. The third-order valence-electron chi connectivity index (χ3n) is 4.19. The third-order valence-corrected chi connectivity index (χ3v) is 6.29. The molecule has 1 aromatic carbocycles. The monoisotopic (exact) mass is 448 g/mol. The molecular weight excluding hydrogens is 424 g/mol. The van der Waals surface area contributed by atoms with Crippen molar-refractivity contribution in [1.82, 2.24) is 25.0 Å². The summed E-state index contributed by atoms with van der Waals surface area (Å²) in [5, 5.41) is 21.5. The number of aromatic nitrogens is 5. The van der Waals surface area contributed by atoms with E-state index >= 15 is 0 Å². The van der Waals surface area contributed by atoms with E-state index < -0.39 is 0 Å². The molecule has 3 aromatic rings. The maximum Gasteiger partial charge on any atom is 0.236 e. The van der Waals surface area contributed by atoms with Crippen molar-refractivity contribution in [2.24, 2.45) is 0 Å². The molecule has 11 heteroatoms. The highest BCUT2D eigenvalue weighted by Gasteiger charge is 2.17. The van der Waals surface area contributed by atoms with Crippen LogP contribution in [0.2, 0.25) is 0 Å². The van der Waals surface area contributed by atoms with Crippen molar-refractivity contribution >= 4 is 34.1 Å². The Morgan fingerprint density at radius 2 is 1.93 bits per heavy atom. The second-order valence-corrected chi connectivity index (χ2v) is 8.51. The molecule has 0 aliphatic carbocycles. The number of carbonyl (C=O) groups is 1. The van der Waals surface area contributed by atoms with Crippen LogP contribution in [-0.4, -0.2) is 50.8 Å². The van der Waals surface area contributed by atoms with Crippen molar-refractivity contribution in [3.8, 4) is 22.9 Å².